The van der Waals surface area contributed by atoms with Crippen LogP contribution >= 0.6 is 11.8 Å². The zero-order chi connectivity index (χ0) is 11.5. The molecule has 2 N–H and O–H groups in total. The molecule has 82 valence electrons. The van der Waals surface area contributed by atoms with Gasteiger partial charge in [0.25, 0.3) is 5.91 Å². The van der Waals surface area contributed by atoms with E-state index >= 15 is 0 Å². The first-order valence-corrected chi connectivity index (χ1v) is 5.79. The van der Waals surface area contributed by atoms with Crippen molar-refractivity contribution >= 4 is 23.6 Å². The van der Waals surface area contributed by atoms with E-state index in [1.165, 1.54) is 18.1 Å². The lowest BCUT2D eigenvalue weighted by molar-refractivity contribution is 0.0942. The molecule has 16 heavy (non-hydrogen) atoms. The molecular weight excluding hydrogens is 224 g/mol. The summed E-state index contributed by atoms with van der Waals surface area (Å²) >= 11 is 1.51. The van der Waals surface area contributed by atoms with Gasteiger partial charge in [-0.15, -0.1) is 16.9 Å². The predicted octanol–water partition coefficient (Wildman–Crippen LogP) is 1.27. The van der Waals surface area contributed by atoms with E-state index in [1.807, 2.05) is 24.5 Å². The highest BCUT2D eigenvalue weighted by molar-refractivity contribution is 7.98. The standard InChI is InChI=1S/C10H10N4OS/c1-16-8-5-3-2-4-7(8)9(15)14-6-12-10(11)13-14/h2-6H,1H3,(H2,11,13). The first-order chi connectivity index (χ1) is 7.72. The third kappa shape index (κ3) is 1.92. The molecule has 0 saturated heterocycles. The normalized spacial score (nSPS) is 10.3. The third-order valence-electron chi connectivity index (χ3n) is 2.06. The van der Waals surface area contributed by atoms with Crippen molar-refractivity contribution in [1.82, 2.24) is 14.8 Å². The van der Waals surface area contributed by atoms with E-state index in [9.17, 15) is 4.79 Å². The molecule has 0 saturated carbocycles. The lowest BCUT2D eigenvalue weighted by Crippen LogP contribution is -2.13. The molecule has 1 aromatic carbocycles. The summed E-state index contributed by atoms with van der Waals surface area (Å²) in [5.41, 5.74) is 5.96. The minimum absolute atomic E-state index is 0.0926. The molecule has 0 spiro atoms. The quantitative estimate of drug-likeness (QED) is 0.792. The van der Waals surface area contributed by atoms with Gasteiger partial charge >= 0.3 is 0 Å². The molecular formula is C10H10N4OS. The van der Waals surface area contributed by atoms with Crippen LogP contribution < -0.4 is 5.73 Å². The monoisotopic (exact) mass is 234 g/mol. The molecule has 0 amide bonds. The molecule has 0 fully saturated rings. The molecule has 1 heterocycles. The van der Waals surface area contributed by atoms with Crippen LogP contribution in [0.4, 0.5) is 5.95 Å². The lowest BCUT2D eigenvalue weighted by atomic mass is 10.2. The van der Waals surface area contributed by atoms with Crippen molar-refractivity contribution in [3.8, 4) is 0 Å². The molecule has 0 bridgehead atoms. The van der Waals surface area contributed by atoms with Gasteiger partial charge in [-0.05, 0) is 18.4 Å². The third-order valence-corrected chi connectivity index (χ3v) is 2.85. The van der Waals surface area contributed by atoms with E-state index in [4.69, 9.17) is 5.73 Å². The molecule has 2 rings (SSSR count). The summed E-state index contributed by atoms with van der Waals surface area (Å²) < 4.78 is 1.14. The van der Waals surface area contributed by atoms with E-state index in [2.05, 4.69) is 10.1 Å². The highest BCUT2D eigenvalue weighted by Crippen LogP contribution is 2.20. The number of nitrogens with two attached hydrogens (primary N) is 1. The van der Waals surface area contributed by atoms with Crippen LogP contribution in [0.15, 0.2) is 35.5 Å². The van der Waals surface area contributed by atoms with Crippen LogP contribution in [0.25, 0.3) is 0 Å². The van der Waals surface area contributed by atoms with Gasteiger partial charge in [0.2, 0.25) is 5.95 Å². The fourth-order valence-corrected chi connectivity index (χ4v) is 1.91. The van der Waals surface area contributed by atoms with Gasteiger partial charge in [0.05, 0.1) is 5.56 Å². The van der Waals surface area contributed by atoms with Gasteiger partial charge in [-0.3, -0.25) is 4.79 Å². The van der Waals surface area contributed by atoms with Gasteiger partial charge in [-0.25, -0.2) is 4.98 Å². The van der Waals surface area contributed by atoms with Crippen LogP contribution in [0, 0.1) is 0 Å². The summed E-state index contributed by atoms with van der Waals surface area (Å²) in [5.74, 6) is -0.135. The average molecular weight is 234 g/mol. The minimum atomic E-state index is -0.228. The highest BCUT2D eigenvalue weighted by Gasteiger charge is 2.13. The second-order valence-electron chi connectivity index (χ2n) is 3.05. The van der Waals surface area contributed by atoms with E-state index in [1.54, 1.807) is 6.07 Å². The molecule has 0 aliphatic carbocycles. The topological polar surface area (TPSA) is 73.8 Å². The van der Waals surface area contributed by atoms with Crippen molar-refractivity contribution in [3.63, 3.8) is 0 Å². The summed E-state index contributed by atoms with van der Waals surface area (Å²) in [7, 11) is 0. The Kier molecular flexibility index (Phi) is 2.91. The van der Waals surface area contributed by atoms with Crippen molar-refractivity contribution < 1.29 is 4.79 Å². The van der Waals surface area contributed by atoms with Gasteiger partial charge in [0.1, 0.15) is 6.33 Å². The number of rotatable bonds is 2. The Morgan fingerprint density at radius 2 is 2.19 bits per heavy atom. The Hall–Kier alpha value is -1.82. The van der Waals surface area contributed by atoms with Crippen molar-refractivity contribution in [2.45, 2.75) is 4.90 Å². The Labute approximate surface area is 96.7 Å². The maximum atomic E-state index is 12.0. The van der Waals surface area contributed by atoms with E-state index in [0.29, 0.717) is 5.56 Å². The van der Waals surface area contributed by atoms with Crippen LogP contribution in [0.2, 0.25) is 0 Å². The zero-order valence-electron chi connectivity index (χ0n) is 8.62. The Balaban J connectivity index is 2.41. The van der Waals surface area contributed by atoms with Crippen molar-refractivity contribution in [2.24, 2.45) is 0 Å². The Morgan fingerprint density at radius 3 is 2.81 bits per heavy atom. The summed E-state index contributed by atoms with van der Waals surface area (Å²) in [6.07, 6.45) is 3.23. The molecule has 1 aromatic heterocycles. The number of benzene rings is 1. The van der Waals surface area contributed by atoms with Crippen LogP contribution in [-0.2, 0) is 0 Å². The molecule has 6 heteroatoms. The number of thioether (sulfide) groups is 1. The number of anilines is 1. The zero-order valence-corrected chi connectivity index (χ0v) is 9.44. The maximum Gasteiger partial charge on any atom is 0.280 e. The number of nitrogen functional groups attached to an aromatic ring is 1. The fourth-order valence-electron chi connectivity index (χ4n) is 1.32. The summed E-state index contributed by atoms with van der Waals surface area (Å²) in [5, 5.41) is 3.79. The second kappa shape index (κ2) is 4.36. The fraction of sp³-hybridized carbons (Fsp3) is 0.100. The molecule has 0 aliphatic heterocycles. The number of carbonyl (C=O) groups is 1. The number of carbonyl (C=O) groups excluding carboxylic acids is 1. The first-order valence-electron chi connectivity index (χ1n) is 4.57. The van der Waals surface area contributed by atoms with E-state index in [-0.39, 0.29) is 11.9 Å². The average Bonchev–Trinajstić information content (AvgIpc) is 2.75. The van der Waals surface area contributed by atoms with Crippen LogP contribution in [0.1, 0.15) is 10.4 Å². The maximum absolute atomic E-state index is 12.0. The largest absolute Gasteiger partial charge is 0.366 e. The molecule has 0 aliphatic rings. The van der Waals surface area contributed by atoms with Gasteiger partial charge in [-0.2, -0.15) is 4.68 Å². The van der Waals surface area contributed by atoms with E-state index in [0.717, 1.165) is 9.58 Å². The Morgan fingerprint density at radius 1 is 1.44 bits per heavy atom. The Bertz CT molecular complexity index is 523. The van der Waals surface area contributed by atoms with Gasteiger partial charge < -0.3 is 5.73 Å². The van der Waals surface area contributed by atoms with Crippen molar-refractivity contribution in [1.29, 1.82) is 0 Å². The van der Waals surface area contributed by atoms with E-state index < -0.39 is 0 Å². The van der Waals surface area contributed by atoms with Crippen molar-refractivity contribution in [2.75, 3.05) is 12.0 Å². The summed E-state index contributed by atoms with van der Waals surface area (Å²) in [6, 6.07) is 7.34. The molecule has 2 aromatic rings. The number of hydrogen-bond acceptors (Lipinski definition) is 5. The lowest BCUT2D eigenvalue weighted by Gasteiger charge is -2.04. The number of hydrogen-bond donors (Lipinski definition) is 1. The number of nitrogens with zero attached hydrogens (tertiary/aromatic N) is 3. The summed E-state index contributed by atoms with van der Waals surface area (Å²) in [6.45, 7) is 0. The first kappa shape index (κ1) is 10.7. The van der Waals surface area contributed by atoms with Gasteiger partial charge in [0, 0.05) is 4.90 Å². The molecule has 0 radical (unpaired) electrons. The van der Waals surface area contributed by atoms with Crippen LogP contribution in [0.5, 0.6) is 0 Å². The molecule has 0 atom stereocenters. The second-order valence-corrected chi connectivity index (χ2v) is 3.90. The SMILES string of the molecule is CSc1ccccc1C(=O)n1cnc(N)n1. The summed E-state index contributed by atoms with van der Waals surface area (Å²) in [4.78, 5) is 16.7. The van der Waals surface area contributed by atoms with Crippen molar-refractivity contribution in [3.05, 3.63) is 36.2 Å². The van der Waals surface area contributed by atoms with Crippen LogP contribution in [0.3, 0.4) is 0 Å². The number of aromatic nitrogens is 3. The minimum Gasteiger partial charge on any atom is -0.366 e. The van der Waals surface area contributed by atoms with Gasteiger partial charge in [-0.1, -0.05) is 12.1 Å². The molecule has 0 unspecified atom stereocenters. The van der Waals surface area contributed by atoms with Crippen LogP contribution in [-0.4, -0.2) is 26.9 Å². The molecule has 5 nitrogen and oxygen atoms in total. The smallest absolute Gasteiger partial charge is 0.280 e. The predicted molar refractivity (Wildman–Crippen MR) is 62.4 cm³/mol. The van der Waals surface area contributed by atoms with Gasteiger partial charge in [0.15, 0.2) is 0 Å². The highest BCUT2D eigenvalue weighted by atomic mass is 32.2.